The highest BCUT2D eigenvalue weighted by Crippen LogP contribution is 2.14. The molecule has 102 valence electrons. The largest absolute Gasteiger partial charge is 0.454 e. The van der Waals surface area contributed by atoms with Crippen molar-refractivity contribution in [2.24, 2.45) is 0 Å². The normalized spacial score (nSPS) is 18.1. The lowest BCUT2D eigenvalue weighted by Crippen LogP contribution is -2.27. The lowest BCUT2D eigenvalue weighted by atomic mass is 10.2. The molecule has 0 spiro atoms. The van der Waals surface area contributed by atoms with Gasteiger partial charge in [-0.05, 0) is 37.1 Å². The van der Waals surface area contributed by atoms with Crippen LogP contribution >= 0.6 is 11.6 Å². The lowest BCUT2D eigenvalue weighted by molar-refractivity contribution is -0.156. The number of carbonyl (C=O) groups is 2. The summed E-state index contributed by atoms with van der Waals surface area (Å²) in [6.45, 7) is 0.248. The van der Waals surface area contributed by atoms with Crippen LogP contribution in [0.25, 0.3) is 0 Å². The SMILES string of the molecule is O=C(COC(=O)[C@H]1CCCO1)Nc1ccc(Cl)cc1. The van der Waals surface area contributed by atoms with Crippen molar-refractivity contribution < 1.29 is 19.1 Å². The second-order valence-electron chi connectivity index (χ2n) is 4.16. The zero-order valence-electron chi connectivity index (χ0n) is 10.2. The van der Waals surface area contributed by atoms with Crippen molar-refractivity contribution >= 4 is 29.2 Å². The monoisotopic (exact) mass is 283 g/mol. The molecule has 1 fully saturated rings. The van der Waals surface area contributed by atoms with Gasteiger partial charge in [0.05, 0.1) is 0 Å². The van der Waals surface area contributed by atoms with Crippen LogP contribution in [0.5, 0.6) is 0 Å². The molecule has 5 nitrogen and oxygen atoms in total. The smallest absolute Gasteiger partial charge is 0.335 e. The van der Waals surface area contributed by atoms with E-state index in [1.165, 1.54) is 0 Å². The van der Waals surface area contributed by atoms with Gasteiger partial charge < -0.3 is 14.8 Å². The van der Waals surface area contributed by atoms with Gasteiger partial charge in [0.1, 0.15) is 0 Å². The van der Waals surface area contributed by atoms with Crippen molar-refractivity contribution in [3.05, 3.63) is 29.3 Å². The minimum atomic E-state index is -0.525. The van der Waals surface area contributed by atoms with E-state index in [-0.39, 0.29) is 6.61 Å². The molecule has 6 heteroatoms. The molecule has 2 rings (SSSR count). The zero-order valence-corrected chi connectivity index (χ0v) is 11.0. The molecule has 1 heterocycles. The van der Waals surface area contributed by atoms with Crippen molar-refractivity contribution in [1.29, 1.82) is 0 Å². The average Bonchev–Trinajstić information content (AvgIpc) is 2.93. The molecule has 1 aliphatic rings. The van der Waals surface area contributed by atoms with Gasteiger partial charge in [-0.3, -0.25) is 4.79 Å². The average molecular weight is 284 g/mol. The Morgan fingerprint density at radius 3 is 2.74 bits per heavy atom. The number of esters is 1. The summed E-state index contributed by atoms with van der Waals surface area (Å²) in [6.07, 6.45) is 0.970. The van der Waals surface area contributed by atoms with Gasteiger partial charge in [0.25, 0.3) is 5.91 Å². The van der Waals surface area contributed by atoms with Gasteiger partial charge in [-0.25, -0.2) is 4.79 Å². The number of hydrogen-bond acceptors (Lipinski definition) is 4. The summed E-state index contributed by atoms with van der Waals surface area (Å²) >= 11 is 5.73. The molecule has 1 amide bonds. The number of amides is 1. The Balaban J connectivity index is 1.75. The molecule has 0 bridgehead atoms. The van der Waals surface area contributed by atoms with Gasteiger partial charge >= 0.3 is 5.97 Å². The topological polar surface area (TPSA) is 64.6 Å². The number of carbonyl (C=O) groups excluding carboxylic acids is 2. The number of anilines is 1. The third-order valence-electron chi connectivity index (χ3n) is 2.67. The van der Waals surface area contributed by atoms with E-state index in [1.54, 1.807) is 24.3 Å². The maximum absolute atomic E-state index is 11.6. The minimum absolute atomic E-state index is 0.318. The predicted molar refractivity (Wildman–Crippen MR) is 70.0 cm³/mol. The quantitative estimate of drug-likeness (QED) is 0.859. The molecule has 0 aromatic heterocycles. The molecule has 0 unspecified atom stereocenters. The summed E-state index contributed by atoms with van der Waals surface area (Å²) in [6, 6.07) is 6.66. The number of halogens is 1. The maximum Gasteiger partial charge on any atom is 0.335 e. The summed E-state index contributed by atoms with van der Waals surface area (Å²) < 4.78 is 10.0. The van der Waals surface area contributed by atoms with Crippen molar-refractivity contribution in [2.75, 3.05) is 18.5 Å². The summed E-state index contributed by atoms with van der Waals surface area (Å²) in [4.78, 5) is 23.1. The molecule has 1 atom stereocenters. The summed E-state index contributed by atoms with van der Waals surface area (Å²) in [5, 5.41) is 3.19. The lowest BCUT2D eigenvalue weighted by Gasteiger charge is -2.10. The van der Waals surface area contributed by atoms with Gasteiger partial charge in [-0.2, -0.15) is 0 Å². The van der Waals surface area contributed by atoms with Crippen LogP contribution in [0, 0.1) is 0 Å². The van der Waals surface area contributed by atoms with Crippen LogP contribution in [-0.2, 0) is 19.1 Å². The van der Waals surface area contributed by atoms with Gasteiger partial charge in [0, 0.05) is 17.3 Å². The summed E-state index contributed by atoms with van der Waals surface area (Å²) in [5.41, 5.74) is 0.600. The first-order valence-corrected chi connectivity index (χ1v) is 6.36. The Hall–Kier alpha value is -1.59. The number of nitrogens with one attached hydrogen (secondary N) is 1. The van der Waals surface area contributed by atoms with E-state index in [1.807, 2.05) is 0 Å². The number of ether oxygens (including phenoxy) is 2. The molecule has 0 saturated carbocycles. The Morgan fingerprint density at radius 2 is 2.11 bits per heavy atom. The molecule has 1 aromatic carbocycles. The van der Waals surface area contributed by atoms with Crippen LogP contribution in [0.1, 0.15) is 12.8 Å². The molecule has 1 aliphatic heterocycles. The van der Waals surface area contributed by atoms with Crippen LogP contribution in [0.3, 0.4) is 0 Å². The first-order valence-electron chi connectivity index (χ1n) is 5.99. The molecule has 0 radical (unpaired) electrons. The fourth-order valence-electron chi connectivity index (χ4n) is 1.72. The van der Waals surface area contributed by atoms with Crippen LogP contribution < -0.4 is 5.32 Å². The van der Waals surface area contributed by atoms with E-state index in [4.69, 9.17) is 21.1 Å². The Bertz CT molecular complexity index is 454. The van der Waals surface area contributed by atoms with E-state index in [0.717, 1.165) is 6.42 Å². The highest BCUT2D eigenvalue weighted by molar-refractivity contribution is 6.30. The van der Waals surface area contributed by atoms with E-state index < -0.39 is 18.0 Å². The molecule has 19 heavy (non-hydrogen) atoms. The highest BCUT2D eigenvalue weighted by Gasteiger charge is 2.25. The van der Waals surface area contributed by atoms with Crippen LogP contribution in [0.2, 0.25) is 5.02 Å². The highest BCUT2D eigenvalue weighted by atomic mass is 35.5. The molecule has 0 aliphatic carbocycles. The van der Waals surface area contributed by atoms with Gasteiger partial charge in [0.2, 0.25) is 0 Å². The molecular formula is C13H14ClNO4. The Labute approximate surface area is 115 Å². The number of benzene rings is 1. The predicted octanol–water partition coefficient (Wildman–Crippen LogP) is 2.00. The number of hydrogen-bond donors (Lipinski definition) is 1. The van der Waals surface area contributed by atoms with Crippen molar-refractivity contribution in [3.63, 3.8) is 0 Å². The van der Waals surface area contributed by atoms with E-state index in [0.29, 0.717) is 23.7 Å². The second-order valence-corrected chi connectivity index (χ2v) is 4.60. The van der Waals surface area contributed by atoms with Gasteiger partial charge in [-0.1, -0.05) is 11.6 Å². The molecule has 1 aromatic rings. The number of rotatable bonds is 4. The van der Waals surface area contributed by atoms with E-state index in [9.17, 15) is 9.59 Å². The van der Waals surface area contributed by atoms with Crippen LogP contribution in [0.15, 0.2) is 24.3 Å². The van der Waals surface area contributed by atoms with Gasteiger partial charge in [0.15, 0.2) is 12.7 Å². The Morgan fingerprint density at radius 1 is 1.37 bits per heavy atom. The van der Waals surface area contributed by atoms with Gasteiger partial charge in [-0.15, -0.1) is 0 Å². The minimum Gasteiger partial charge on any atom is -0.454 e. The van der Waals surface area contributed by atoms with E-state index >= 15 is 0 Å². The second kappa shape index (κ2) is 6.54. The first kappa shape index (κ1) is 13.8. The van der Waals surface area contributed by atoms with Crippen molar-refractivity contribution in [1.82, 2.24) is 0 Å². The van der Waals surface area contributed by atoms with Crippen LogP contribution in [-0.4, -0.2) is 31.2 Å². The molecular weight excluding hydrogens is 270 g/mol. The maximum atomic E-state index is 11.6. The molecule has 1 saturated heterocycles. The zero-order chi connectivity index (χ0) is 13.7. The third kappa shape index (κ3) is 4.22. The summed E-state index contributed by atoms with van der Waals surface area (Å²) in [5.74, 6) is -0.877. The third-order valence-corrected chi connectivity index (χ3v) is 2.92. The Kier molecular flexibility index (Phi) is 4.76. The van der Waals surface area contributed by atoms with Crippen molar-refractivity contribution in [2.45, 2.75) is 18.9 Å². The molecule has 1 N–H and O–H groups in total. The summed E-state index contributed by atoms with van der Waals surface area (Å²) in [7, 11) is 0. The first-order chi connectivity index (χ1) is 9.15. The fraction of sp³-hybridized carbons (Fsp3) is 0.385. The standard InChI is InChI=1S/C13H14ClNO4/c14-9-3-5-10(6-4-9)15-12(16)8-19-13(17)11-2-1-7-18-11/h3-6,11H,1-2,7-8H2,(H,15,16)/t11-/m1/s1. The van der Waals surface area contributed by atoms with Crippen LogP contribution in [0.4, 0.5) is 5.69 Å². The fourth-order valence-corrected chi connectivity index (χ4v) is 1.85. The van der Waals surface area contributed by atoms with Crippen molar-refractivity contribution in [3.8, 4) is 0 Å². The van der Waals surface area contributed by atoms with E-state index in [2.05, 4.69) is 5.32 Å².